The van der Waals surface area contributed by atoms with Crippen molar-refractivity contribution in [2.45, 2.75) is 13.5 Å². The average molecular weight is 404 g/mol. The molecular formula is C23H18ClN3O2. The molecular weight excluding hydrogens is 386 g/mol. The molecule has 0 fully saturated rings. The van der Waals surface area contributed by atoms with Crippen LogP contribution in [0.5, 0.6) is 0 Å². The molecule has 0 radical (unpaired) electrons. The maximum absolute atomic E-state index is 13.2. The highest BCUT2D eigenvalue weighted by Gasteiger charge is 2.39. The molecule has 1 aromatic heterocycles. The van der Waals surface area contributed by atoms with Crippen LogP contribution in [-0.4, -0.2) is 21.7 Å². The van der Waals surface area contributed by atoms with E-state index >= 15 is 0 Å². The highest BCUT2D eigenvalue weighted by atomic mass is 35.5. The summed E-state index contributed by atoms with van der Waals surface area (Å²) in [5, 5.41) is 3.70. The summed E-state index contributed by atoms with van der Waals surface area (Å²) in [6.07, 6.45) is 1.64. The number of rotatable bonds is 5. The minimum absolute atomic E-state index is 0.106. The fraction of sp³-hybridized carbons (Fsp3) is 0.0870. The minimum Gasteiger partial charge on any atom is -0.350 e. The van der Waals surface area contributed by atoms with Gasteiger partial charge in [-0.3, -0.25) is 19.5 Å². The van der Waals surface area contributed by atoms with Crippen LogP contribution in [0.25, 0.3) is 5.57 Å². The average Bonchev–Trinajstić information content (AvgIpc) is 2.95. The van der Waals surface area contributed by atoms with Crippen molar-refractivity contribution >= 4 is 34.7 Å². The van der Waals surface area contributed by atoms with Gasteiger partial charge in [0.1, 0.15) is 5.70 Å². The Kier molecular flexibility index (Phi) is 5.14. The number of aryl methyl sites for hydroxylation is 1. The van der Waals surface area contributed by atoms with E-state index in [1.54, 1.807) is 42.6 Å². The summed E-state index contributed by atoms with van der Waals surface area (Å²) in [6.45, 7) is 2.09. The van der Waals surface area contributed by atoms with Gasteiger partial charge in [-0.15, -0.1) is 0 Å². The van der Waals surface area contributed by atoms with Crippen molar-refractivity contribution in [2.75, 3.05) is 5.32 Å². The molecule has 2 amide bonds. The van der Waals surface area contributed by atoms with E-state index in [4.69, 9.17) is 11.6 Å². The highest BCUT2D eigenvalue weighted by Crippen LogP contribution is 2.32. The first kappa shape index (κ1) is 18.9. The predicted molar refractivity (Wildman–Crippen MR) is 113 cm³/mol. The van der Waals surface area contributed by atoms with E-state index in [2.05, 4.69) is 10.3 Å². The first-order chi connectivity index (χ1) is 14.0. The van der Waals surface area contributed by atoms with Crippen molar-refractivity contribution in [1.82, 2.24) is 9.88 Å². The van der Waals surface area contributed by atoms with Crippen LogP contribution in [0.3, 0.4) is 0 Å². The molecule has 0 bridgehead atoms. The van der Waals surface area contributed by atoms with E-state index in [1.165, 1.54) is 4.90 Å². The van der Waals surface area contributed by atoms with Gasteiger partial charge >= 0.3 is 0 Å². The van der Waals surface area contributed by atoms with Gasteiger partial charge in [-0.2, -0.15) is 0 Å². The van der Waals surface area contributed by atoms with Crippen molar-refractivity contribution in [3.05, 3.63) is 100 Å². The maximum Gasteiger partial charge on any atom is 0.278 e. The normalized spacial score (nSPS) is 13.9. The zero-order valence-corrected chi connectivity index (χ0v) is 16.5. The molecule has 6 heteroatoms. The van der Waals surface area contributed by atoms with E-state index in [0.717, 1.165) is 11.3 Å². The number of nitrogens with zero attached hydrogens (tertiary/aromatic N) is 2. The van der Waals surface area contributed by atoms with Crippen LogP contribution in [0.4, 0.5) is 5.69 Å². The van der Waals surface area contributed by atoms with Crippen LogP contribution >= 0.6 is 11.6 Å². The van der Waals surface area contributed by atoms with Gasteiger partial charge in [-0.05, 0) is 48.9 Å². The Balaban J connectivity index is 1.74. The van der Waals surface area contributed by atoms with Crippen molar-refractivity contribution in [3.8, 4) is 0 Å². The second-order valence-corrected chi connectivity index (χ2v) is 7.20. The molecule has 0 aliphatic carbocycles. The lowest BCUT2D eigenvalue weighted by Crippen LogP contribution is -2.32. The fourth-order valence-electron chi connectivity index (χ4n) is 3.15. The largest absolute Gasteiger partial charge is 0.350 e. The van der Waals surface area contributed by atoms with Crippen LogP contribution in [0.1, 0.15) is 16.8 Å². The summed E-state index contributed by atoms with van der Waals surface area (Å²) in [5.74, 6) is -0.747. The number of pyridine rings is 1. The third kappa shape index (κ3) is 3.91. The number of halogens is 1. The Hall–Kier alpha value is -3.44. The molecule has 0 spiro atoms. The number of imide groups is 1. The van der Waals surface area contributed by atoms with Gasteiger partial charge in [0, 0.05) is 16.9 Å². The molecule has 1 N–H and O–H groups in total. The summed E-state index contributed by atoms with van der Waals surface area (Å²) in [6, 6.07) is 19.9. The van der Waals surface area contributed by atoms with Gasteiger partial charge < -0.3 is 5.32 Å². The van der Waals surface area contributed by atoms with E-state index < -0.39 is 0 Å². The Bertz CT molecular complexity index is 1090. The minimum atomic E-state index is -0.383. The SMILES string of the molecule is Cc1ccc(NC2=C(c3ccc(Cl)cc3)C(=O)N(Cc3ccccn3)C2=O)cc1. The van der Waals surface area contributed by atoms with Gasteiger partial charge in [-0.25, -0.2) is 0 Å². The van der Waals surface area contributed by atoms with Crippen molar-refractivity contribution < 1.29 is 9.59 Å². The third-order valence-corrected chi connectivity index (χ3v) is 4.92. The Morgan fingerprint density at radius 3 is 2.31 bits per heavy atom. The third-order valence-electron chi connectivity index (χ3n) is 4.67. The molecule has 2 aromatic carbocycles. The zero-order valence-electron chi connectivity index (χ0n) is 15.7. The number of nitrogens with one attached hydrogen (secondary N) is 1. The Morgan fingerprint density at radius 2 is 1.66 bits per heavy atom. The van der Waals surface area contributed by atoms with Crippen LogP contribution < -0.4 is 5.32 Å². The summed E-state index contributed by atoms with van der Waals surface area (Å²) >= 11 is 6.00. The summed E-state index contributed by atoms with van der Waals surface area (Å²) in [4.78, 5) is 31.8. The number of hydrogen-bond donors (Lipinski definition) is 1. The number of anilines is 1. The van der Waals surface area contributed by atoms with Gasteiger partial charge in [0.05, 0.1) is 17.8 Å². The quantitative estimate of drug-likeness (QED) is 0.640. The summed E-state index contributed by atoms with van der Waals surface area (Å²) in [7, 11) is 0. The molecule has 4 rings (SSSR count). The number of carbonyl (C=O) groups is 2. The molecule has 3 aromatic rings. The van der Waals surface area contributed by atoms with E-state index in [9.17, 15) is 9.59 Å². The van der Waals surface area contributed by atoms with Crippen molar-refractivity contribution in [1.29, 1.82) is 0 Å². The molecule has 1 aliphatic heterocycles. The van der Waals surface area contributed by atoms with Gasteiger partial charge in [0.25, 0.3) is 11.8 Å². The number of benzene rings is 2. The van der Waals surface area contributed by atoms with Gasteiger partial charge in [-0.1, -0.05) is 47.5 Å². The Labute approximate surface area is 173 Å². The highest BCUT2D eigenvalue weighted by molar-refractivity contribution is 6.36. The monoisotopic (exact) mass is 403 g/mol. The lowest BCUT2D eigenvalue weighted by Gasteiger charge is -2.14. The number of carbonyl (C=O) groups excluding carboxylic acids is 2. The van der Waals surface area contributed by atoms with Gasteiger partial charge in [0.15, 0.2) is 0 Å². The standard InChI is InChI=1S/C23H18ClN3O2/c1-15-5-11-18(12-6-15)26-21-20(16-7-9-17(24)10-8-16)22(28)27(23(21)29)14-19-4-2-3-13-25-19/h2-13,26H,14H2,1H3. The summed E-state index contributed by atoms with van der Waals surface area (Å²) < 4.78 is 0. The van der Waals surface area contributed by atoms with E-state index in [0.29, 0.717) is 21.9 Å². The molecule has 1 aliphatic rings. The first-order valence-corrected chi connectivity index (χ1v) is 9.51. The lowest BCUT2D eigenvalue weighted by molar-refractivity contribution is -0.137. The summed E-state index contributed by atoms with van der Waals surface area (Å²) in [5.41, 5.74) is 3.68. The number of hydrogen-bond acceptors (Lipinski definition) is 4. The molecule has 29 heavy (non-hydrogen) atoms. The number of aromatic nitrogens is 1. The second-order valence-electron chi connectivity index (χ2n) is 6.77. The van der Waals surface area contributed by atoms with E-state index in [1.807, 2.05) is 37.3 Å². The molecule has 0 saturated heterocycles. The zero-order chi connectivity index (χ0) is 20.4. The first-order valence-electron chi connectivity index (χ1n) is 9.13. The topological polar surface area (TPSA) is 62.3 Å². The smallest absolute Gasteiger partial charge is 0.278 e. The van der Waals surface area contributed by atoms with E-state index in [-0.39, 0.29) is 24.1 Å². The molecule has 0 unspecified atom stereocenters. The molecule has 144 valence electrons. The fourth-order valence-corrected chi connectivity index (χ4v) is 3.28. The maximum atomic E-state index is 13.2. The molecule has 2 heterocycles. The molecule has 5 nitrogen and oxygen atoms in total. The van der Waals surface area contributed by atoms with Crippen LogP contribution in [0.2, 0.25) is 5.02 Å². The lowest BCUT2D eigenvalue weighted by atomic mass is 10.0. The van der Waals surface area contributed by atoms with Crippen LogP contribution in [0.15, 0.2) is 78.6 Å². The molecule has 0 atom stereocenters. The van der Waals surface area contributed by atoms with Crippen molar-refractivity contribution in [3.63, 3.8) is 0 Å². The predicted octanol–water partition coefficient (Wildman–Crippen LogP) is 4.44. The van der Waals surface area contributed by atoms with Crippen LogP contribution in [-0.2, 0) is 16.1 Å². The second kappa shape index (κ2) is 7.89. The van der Waals surface area contributed by atoms with Gasteiger partial charge in [0.2, 0.25) is 0 Å². The van der Waals surface area contributed by atoms with Crippen molar-refractivity contribution in [2.24, 2.45) is 0 Å². The van der Waals surface area contributed by atoms with Crippen LogP contribution in [0, 0.1) is 6.92 Å². The Morgan fingerprint density at radius 1 is 0.931 bits per heavy atom. The number of amides is 2. The molecule has 0 saturated carbocycles.